The topological polar surface area (TPSA) is 73.0 Å². The molecule has 2 rings (SSSR count). The molecule has 0 radical (unpaired) electrons. The smallest absolute Gasteiger partial charge is 0.252 e. The minimum Gasteiger partial charge on any atom is -0.820 e. The van der Waals surface area contributed by atoms with Crippen LogP contribution in [-0.4, -0.2) is 16.2 Å². The molecule has 132 valence electrons. The van der Waals surface area contributed by atoms with Gasteiger partial charge in [-0.3, -0.25) is 0 Å². The summed E-state index contributed by atoms with van der Waals surface area (Å²) in [5.74, 6) is 2.61. The van der Waals surface area contributed by atoms with Crippen molar-refractivity contribution in [3.63, 3.8) is 0 Å². The van der Waals surface area contributed by atoms with E-state index in [1.54, 1.807) is 0 Å². The van der Waals surface area contributed by atoms with Crippen LogP contribution >= 0.6 is 8.60 Å². The van der Waals surface area contributed by atoms with E-state index in [1.807, 2.05) is 0 Å². The second kappa shape index (κ2) is 11.3. The number of nitrogens with zero attached hydrogens (tertiary/aromatic N) is 4. The first-order valence-electron chi connectivity index (χ1n) is 7.49. The lowest BCUT2D eigenvalue weighted by atomic mass is 10.6. The summed E-state index contributed by atoms with van der Waals surface area (Å²) in [7, 11) is 2.62. The van der Waals surface area contributed by atoms with Gasteiger partial charge in [-0.2, -0.15) is 8.60 Å². The fraction of sp³-hybridized carbons (Fsp3) is 0.600. The first-order valence-corrected chi connectivity index (χ1v) is 8.59. The van der Waals surface area contributed by atoms with E-state index in [-0.39, 0.29) is 0 Å². The van der Waals surface area contributed by atoms with Crippen LogP contribution in [0.4, 0.5) is 0 Å². The van der Waals surface area contributed by atoms with Gasteiger partial charge in [-0.15, -0.1) is 0 Å². The third-order valence-corrected chi connectivity index (χ3v) is 3.92. The fourth-order valence-electron chi connectivity index (χ4n) is 1.87. The van der Waals surface area contributed by atoms with Gasteiger partial charge in [0.1, 0.15) is 24.8 Å². The van der Waals surface area contributed by atoms with E-state index in [2.05, 4.69) is 89.4 Å². The third-order valence-electron chi connectivity index (χ3n) is 3.62. The number of aromatic nitrogens is 4. The van der Waals surface area contributed by atoms with E-state index in [0.29, 0.717) is 0 Å². The van der Waals surface area contributed by atoms with Gasteiger partial charge in [-0.05, 0) is 13.8 Å². The van der Waals surface area contributed by atoms with E-state index in [0.717, 1.165) is 20.2 Å². The Morgan fingerprint density at radius 3 is 1.35 bits per heavy atom. The minimum atomic E-state index is -2.60. The molecule has 0 unspecified atom stereocenters. The molecule has 23 heavy (non-hydrogen) atoms. The molecule has 0 aromatic carbocycles. The lowest BCUT2D eigenvalue weighted by Gasteiger charge is -2.25. The molecule has 0 fully saturated rings. The quantitative estimate of drug-likeness (QED) is 0.575. The van der Waals surface area contributed by atoms with Gasteiger partial charge in [-0.25, -0.2) is 18.3 Å². The van der Waals surface area contributed by atoms with Gasteiger partial charge >= 0.3 is 0 Å². The van der Waals surface area contributed by atoms with Crippen molar-refractivity contribution < 1.29 is 23.4 Å². The Morgan fingerprint density at radius 1 is 0.957 bits per heavy atom. The standard InChI is InChI=1S/2C7H13N2.CH3O3P/c2*1-4-9-6-5-8(3)7(9)2;1-4-5(2)3/h2*5-6H,4H2,1-3H3;1H3/q2*+1;-2. The molecule has 8 heteroatoms. The molecule has 0 aliphatic carbocycles. The van der Waals surface area contributed by atoms with E-state index in [4.69, 9.17) is 0 Å². The predicted molar refractivity (Wildman–Crippen MR) is 86.0 cm³/mol. The van der Waals surface area contributed by atoms with Crippen LogP contribution in [0.15, 0.2) is 24.8 Å². The van der Waals surface area contributed by atoms with Crippen LogP contribution in [0.5, 0.6) is 0 Å². The highest BCUT2D eigenvalue weighted by Gasteiger charge is 2.04. The Labute approximate surface area is 140 Å². The molecule has 0 bridgehead atoms. The zero-order chi connectivity index (χ0) is 18.0. The Hall–Kier alpha value is -1.27. The largest absolute Gasteiger partial charge is 0.820 e. The van der Waals surface area contributed by atoms with Crippen molar-refractivity contribution >= 4 is 8.60 Å². The fourth-order valence-corrected chi connectivity index (χ4v) is 1.87. The van der Waals surface area contributed by atoms with E-state index >= 15 is 0 Å². The molecule has 0 amide bonds. The van der Waals surface area contributed by atoms with Crippen molar-refractivity contribution in [2.24, 2.45) is 14.1 Å². The van der Waals surface area contributed by atoms with Gasteiger partial charge in [0.15, 0.2) is 0 Å². The Kier molecular flexibility index (Phi) is 10.7. The molecule has 7 nitrogen and oxygen atoms in total. The Balaban J connectivity index is 0.000000332. The van der Waals surface area contributed by atoms with Crippen LogP contribution in [-0.2, 0) is 31.7 Å². The van der Waals surface area contributed by atoms with Gasteiger partial charge < -0.3 is 14.3 Å². The molecule has 0 spiro atoms. The lowest BCUT2D eigenvalue weighted by Crippen LogP contribution is -2.29. The lowest BCUT2D eigenvalue weighted by molar-refractivity contribution is -0.677. The van der Waals surface area contributed by atoms with E-state index in [1.165, 1.54) is 11.6 Å². The molecule has 2 heterocycles. The molecule has 2 aromatic heterocycles. The van der Waals surface area contributed by atoms with Crippen molar-refractivity contribution in [1.29, 1.82) is 0 Å². The molecule has 0 aliphatic heterocycles. The average Bonchev–Trinajstić information content (AvgIpc) is 3.04. The second-order valence-corrected chi connectivity index (χ2v) is 5.70. The number of hydrogen-bond acceptors (Lipinski definition) is 3. The maximum absolute atomic E-state index is 9.18. The summed E-state index contributed by atoms with van der Waals surface area (Å²) in [4.78, 5) is 18.4. The maximum Gasteiger partial charge on any atom is 0.252 e. The van der Waals surface area contributed by atoms with Crippen molar-refractivity contribution in [2.75, 3.05) is 7.11 Å². The molecule has 0 aliphatic rings. The summed E-state index contributed by atoms with van der Waals surface area (Å²) in [6.07, 6.45) is 8.32. The first kappa shape index (κ1) is 21.7. The summed E-state index contributed by atoms with van der Waals surface area (Å²) in [6, 6.07) is 0. The molecule has 0 saturated heterocycles. The van der Waals surface area contributed by atoms with Crippen LogP contribution in [0.25, 0.3) is 0 Å². The zero-order valence-corrected chi connectivity index (χ0v) is 16.1. The van der Waals surface area contributed by atoms with Crippen molar-refractivity contribution in [3.8, 4) is 0 Å². The van der Waals surface area contributed by atoms with Crippen LogP contribution in [0, 0.1) is 13.8 Å². The summed E-state index contributed by atoms with van der Waals surface area (Å²) in [5.41, 5.74) is 0. The summed E-state index contributed by atoms with van der Waals surface area (Å²) in [6.45, 7) is 10.6. The van der Waals surface area contributed by atoms with Crippen LogP contribution in [0.2, 0.25) is 0 Å². The molecule has 0 atom stereocenters. The highest BCUT2D eigenvalue weighted by atomic mass is 31.2. The molecular weight excluding hydrogens is 315 g/mol. The second-order valence-electron chi connectivity index (χ2n) is 4.89. The van der Waals surface area contributed by atoms with Crippen LogP contribution in [0.1, 0.15) is 25.5 Å². The van der Waals surface area contributed by atoms with Crippen molar-refractivity contribution in [1.82, 2.24) is 9.13 Å². The predicted octanol–water partition coefficient (Wildman–Crippen LogP) is -0.138. The Bertz CT molecular complexity index is 521. The minimum absolute atomic E-state index is 1.06. The van der Waals surface area contributed by atoms with Crippen molar-refractivity contribution in [3.05, 3.63) is 36.4 Å². The Morgan fingerprint density at radius 2 is 1.26 bits per heavy atom. The zero-order valence-electron chi connectivity index (χ0n) is 15.2. The first-order chi connectivity index (χ1) is 10.8. The van der Waals surface area contributed by atoms with Gasteiger partial charge in [0.2, 0.25) is 0 Å². The number of imidazole rings is 2. The van der Waals surface area contributed by atoms with Gasteiger partial charge in [0.05, 0.1) is 27.2 Å². The van der Waals surface area contributed by atoms with Crippen molar-refractivity contribution in [2.45, 2.75) is 40.8 Å². The molecule has 2 aromatic rings. The monoisotopic (exact) mass is 344 g/mol. The molecular formula is C15H29N4O3P. The molecule has 0 saturated carbocycles. The van der Waals surface area contributed by atoms with E-state index < -0.39 is 8.60 Å². The average molecular weight is 344 g/mol. The molecule has 0 N–H and O–H groups in total. The van der Waals surface area contributed by atoms with Crippen LogP contribution in [0.3, 0.4) is 0 Å². The summed E-state index contributed by atoms with van der Waals surface area (Å²) in [5, 5.41) is 0. The highest BCUT2D eigenvalue weighted by Crippen LogP contribution is 2.07. The number of aryl methyl sites for hydroxylation is 4. The van der Waals surface area contributed by atoms with Gasteiger partial charge in [0.25, 0.3) is 11.6 Å². The van der Waals surface area contributed by atoms with E-state index in [9.17, 15) is 9.79 Å². The maximum atomic E-state index is 9.18. The summed E-state index contributed by atoms with van der Waals surface area (Å²) < 4.78 is 12.3. The number of rotatable bonds is 3. The third kappa shape index (κ3) is 7.70. The summed E-state index contributed by atoms with van der Waals surface area (Å²) >= 11 is 0. The SMILES string of the molecule is CCn1cc[n+](C)c1C.CCn1cc[n+](C)c1C.COP([O-])[O-]. The van der Waals surface area contributed by atoms with Crippen LogP contribution < -0.4 is 18.9 Å². The van der Waals surface area contributed by atoms with Gasteiger partial charge in [0, 0.05) is 21.0 Å². The number of hydrogen-bond donors (Lipinski definition) is 0. The highest BCUT2D eigenvalue weighted by molar-refractivity contribution is 7.36. The normalized spacial score (nSPS) is 10.0. The van der Waals surface area contributed by atoms with Gasteiger partial charge in [-0.1, -0.05) is 0 Å².